The maximum absolute atomic E-state index is 2.39. The molecule has 0 aromatic heterocycles. The summed E-state index contributed by atoms with van der Waals surface area (Å²) in [5.74, 6) is 0. The standard InChI is InChI=1S/C52H34/c1-3-15-35(16-4-1)40-31-41(36-17-5-2-6-18-36)33-42(32-40)52-49-26-14-12-23-46(49)45-22-11-13-25-48(45)51(52)38-29-27-37(28-30-38)50-34-39-19-7-8-20-43(39)44-21-9-10-24-47(44)50/h1-34H. The van der Waals surface area contributed by atoms with Crippen molar-refractivity contribution in [1.82, 2.24) is 0 Å². The third kappa shape index (κ3) is 5.08. The number of benzene rings is 10. The van der Waals surface area contributed by atoms with Crippen LogP contribution in [0, 0.1) is 0 Å². The summed E-state index contributed by atoms with van der Waals surface area (Å²) in [7, 11) is 0. The fourth-order valence-corrected chi connectivity index (χ4v) is 8.22. The van der Waals surface area contributed by atoms with Crippen LogP contribution in [0.15, 0.2) is 206 Å². The van der Waals surface area contributed by atoms with Crippen LogP contribution in [0.3, 0.4) is 0 Å². The van der Waals surface area contributed by atoms with Crippen molar-refractivity contribution >= 4 is 43.1 Å². The largest absolute Gasteiger partial charge is 0.0622 e. The monoisotopic (exact) mass is 658 g/mol. The lowest BCUT2D eigenvalue weighted by molar-refractivity contribution is 1.57. The lowest BCUT2D eigenvalue weighted by Gasteiger charge is -2.20. The van der Waals surface area contributed by atoms with Gasteiger partial charge in [0.1, 0.15) is 0 Å². The Balaban J connectivity index is 1.24. The highest BCUT2D eigenvalue weighted by atomic mass is 14.2. The van der Waals surface area contributed by atoms with Crippen molar-refractivity contribution < 1.29 is 0 Å². The average molecular weight is 659 g/mol. The molecule has 0 heteroatoms. The molecule has 0 aliphatic heterocycles. The zero-order chi connectivity index (χ0) is 34.4. The number of hydrogen-bond donors (Lipinski definition) is 0. The molecule has 10 aromatic rings. The summed E-state index contributed by atoms with van der Waals surface area (Å²) >= 11 is 0. The van der Waals surface area contributed by atoms with Crippen LogP contribution >= 0.6 is 0 Å². The fourth-order valence-electron chi connectivity index (χ4n) is 8.22. The quantitative estimate of drug-likeness (QED) is 0.161. The maximum atomic E-state index is 2.39. The molecule has 0 aliphatic rings. The normalized spacial score (nSPS) is 11.5. The van der Waals surface area contributed by atoms with Crippen LogP contribution in [-0.2, 0) is 0 Å². The van der Waals surface area contributed by atoms with Gasteiger partial charge in [-0.2, -0.15) is 0 Å². The smallest absolute Gasteiger partial charge is 0.00199 e. The lowest BCUT2D eigenvalue weighted by Crippen LogP contribution is -1.93. The molecule has 0 spiro atoms. The molecule has 0 aliphatic carbocycles. The number of hydrogen-bond acceptors (Lipinski definition) is 0. The van der Waals surface area contributed by atoms with E-state index in [-0.39, 0.29) is 0 Å². The van der Waals surface area contributed by atoms with Gasteiger partial charge in [0.25, 0.3) is 0 Å². The van der Waals surface area contributed by atoms with Crippen molar-refractivity contribution in [1.29, 1.82) is 0 Å². The molecule has 0 bridgehead atoms. The second-order valence-corrected chi connectivity index (χ2v) is 13.6. The van der Waals surface area contributed by atoms with Crippen molar-refractivity contribution in [2.24, 2.45) is 0 Å². The highest BCUT2D eigenvalue weighted by Crippen LogP contribution is 2.47. The first-order valence-corrected chi connectivity index (χ1v) is 18.0. The van der Waals surface area contributed by atoms with E-state index in [1.165, 1.54) is 98.7 Å². The molecule has 52 heavy (non-hydrogen) atoms. The molecule has 0 heterocycles. The van der Waals surface area contributed by atoms with Crippen LogP contribution in [0.4, 0.5) is 0 Å². The molecule has 0 saturated heterocycles. The predicted molar refractivity (Wildman–Crippen MR) is 224 cm³/mol. The summed E-state index contributed by atoms with van der Waals surface area (Å²) in [4.78, 5) is 0. The van der Waals surface area contributed by atoms with E-state index in [2.05, 4.69) is 206 Å². The Bertz CT molecular complexity index is 2860. The van der Waals surface area contributed by atoms with Gasteiger partial charge in [0.15, 0.2) is 0 Å². The van der Waals surface area contributed by atoms with E-state index in [9.17, 15) is 0 Å². The van der Waals surface area contributed by atoms with E-state index in [0.717, 1.165) is 0 Å². The second-order valence-electron chi connectivity index (χ2n) is 13.6. The van der Waals surface area contributed by atoms with Crippen molar-refractivity contribution in [2.75, 3.05) is 0 Å². The van der Waals surface area contributed by atoms with E-state index in [1.807, 2.05) is 0 Å². The number of rotatable bonds is 5. The van der Waals surface area contributed by atoms with Crippen molar-refractivity contribution in [2.45, 2.75) is 0 Å². The molecular weight excluding hydrogens is 625 g/mol. The molecule has 0 atom stereocenters. The van der Waals surface area contributed by atoms with Crippen LogP contribution in [0.5, 0.6) is 0 Å². The molecule has 10 rings (SSSR count). The first-order chi connectivity index (χ1) is 25.8. The Labute approximate surface area is 303 Å². The third-order valence-corrected chi connectivity index (χ3v) is 10.6. The van der Waals surface area contributed by atoms with Gasteiger partial charge in [-0.25, -0.2) is 0 Å². The minimum Gasteiger partial charge on any atom is -0.0622 e. The Hall–Kier alpha value is -6.76. The molecule has 0 saturated carbocycles. The minimum absolute atomic E-state index is 1.21. The van der Waals surface area contributed by atoms with Gasteiger partial charge in [-0.05, 0) is 123 Å². The second kappa shape index (κ2) is 12.5. The van der Waals surface area contributed by atoms with Crippen LogP contribution in [-0.4, -0.2) is 0 Å². The van der Waals surface area contributed by atoms with Gasteiger partial charge >= 0.3 is 0 Å². The van der Waals surface area contributed by atoms with E-state index in [1.54, 1.807) is 0 Å². The molecular formula is C52H34. The van der Waals surface area contributed by atoms with E-state index >= 15 is 0 Å². The van der Waals surface area contributed by atoms with Crippen molar-refractivity contribution in [3.63, 3.8) is 0 Å². The molecule has 0 nitrogen and oxygen atoms in total. The van der Waals surface area contributed by atoms with Crippen LogP contribution in [0.2, 0.25) is 0 Å². The molecule has 242 valence electrons. The summed E-state index contributed by atoms with van der Waals surface area (Å²) < 4.78 is 0. The Kier molecular flexibility index (Phi) is 7.25. The molecule has 0 fully saturated rings. The van der Waals surface area contributed by atoms with Gasteiger partial charge in [-0.15, -0.1) is 0 Å². The Morgan fingerprint density at radius 2 is 0.577 bits per heavy atom. The van der Waals surface area contributed by atoms with Crippen LogP contribution in [0.25, 0.3) is 98.7 Å². The summed E-state index contributed by atoms with van der Waals surface area (Å²) in [6.45, 7) is 0. The van der Waals surface area contributed by atoms with Gasteiger partial charge in [-0.3, -0.25) is 0 Å². The van der Waals surface area contributed by atoms with Gasteiger partial charge < -0.3 is 0 Å². The summed E-state index contributed by atoms with van der Waals surface area (Å²) in [6, 6.07) is 75.6. The molecule has 0 unspecified atom stereocenters. The first-order valence-electron chi connectivity index (χ1n) is 18.0. The Morgan fingerprint density at radius 1 is 0.192 bits per heavy atom. The third-order valence-electron chi connectivity index (χ3n) is 10.6. The average Bonchev–Trinajstić information content (AvgIpc) is 3.23. The highest BCUT2D eigenvalue weighted by Gasteiger charge is 2.19. The van der Waals surface area contributed by atoms with E-state index in [4.69, 9.17) is 0 Å². The van der Waals surface area contributed by atoms with Crippen molar-refractivity contribution in [3.05, 3.63) is 206 Å². The van der Waals surface area contributed by atoms with Crippen molar-refractivity contribution in [3.8, 4) is 55.6 Å². The first kappa shape index (κ1) is 30.1. The maximum Gasteiger partial charge on any atom is -0.00199 e. The highest BCUT2D eigenvalue weighted by molar-refractivity contribution is 6.22. The summed E-state index contributed by atoms with van der Waals surface area (Å²) in [5.41, 5.74) is 12.2. The molecule has 10 aromatic carbocycles. The minimum atomic E-state index is 1.21. The fraction of sp³-hybridized carbons (Fsp3) is 0. The van der Waals surface area contributed by atoms with Gasteiger partial charge in [0.2, 0.25) is 0 Å². The lowest BCUT2D eigenvalue weighted by atomic mass is 9.83. The molecule has 0 N–H and O–H groups in total. The predicted octanol–water partition coefficient (Wildman–Crippen LogP) is 14.6. The van der Waals surface area contributed by atoms with Gasteiger partial charge in [0.05, 0.1) is 0 Å². The SMILES string of the molecule is c1ccc(-c2cc(-c3ccccc3)cc(-c3c(-c4ccc(-c5cc6ccccc6c6ccccc56)cc4)c4ccccc4c4ccccc34)c2)cc1. The summed E-state index contributed by atoms with van der Waals surface area (Å²) in [5, 5.41) is 10.2. The summed E-state index contributed by atoms with van der Waals surface area (Å²) in [6.07, 6.45) is 0. The van der Waals surface area contributed by atoms with Gasteiger partial charge in [-0.1, -0.05) is 182 Å². The van der Waals surface area contributed by atoms with Gasteiger partial charge in [0, 0.05) is 0 Å². The molecule has 0 radical (unpaired) electrons. The van der Waals surface area contributed by atoms with Crippen LogP contribution in [0.1, 0.15) is 0 Å². The topological polar surface area (TPSA) is 0 Å². The number of fused-ring (bicyclic) bond motifs is 6. The van der Waals surface area contributed by atoms with E-state index < -0.39 is 0 Å². The zero-order valence-corrected chi connectivity index (χ0v) is 28.6. The zero-order valence-electron chi connectivity index (χ0n) is 28.6. The Morgan fingerprint density at radius 3 is 1.13 bits per heavy atom. The molecule has 0 amide bonds. The van der Waals surface area contributed by atoms with Crippen LogP contribution < -0.4 is 0 Å². The van der Waals surface area contributed by atoms with E-state index in [0.29, 0.717) is 0 Å².